The standard InChI is InChI=1S/C29H35N3O7S2/c33-23(20-38-24-5-3-6-26(15-24)40(34,35)25-8-9-25)17-30-22-16-29(39-19-22)10-12-32(13-11-29)41(36,37)27-14-21-4-1-2-7-28(21)31-18-27/h1-7,14-15,18,22-23,25,30,33H,8-13,16-17,19-20H2/t22-,23+/m1/s1. The van der Waals surface area contributed by atoms with Gasteiger partial charge in [-0.2, -0.15) is 4.31 Å². The van der Waals surface area contributed by atoms with Crippen molar-refractivity contribution in [3.05, 3.63) is 60.8 Å². The molecule has 6 rings (SSSR count). The third-order valence-electron chi connectivity index (χ3n) is 8.23. The molecule has 10 nitrogen and oxygen atoms in total. The highest BCUT2D eigenvalue weighted by molar-refractivity contribution is 7.92. The number of rotatable bonds is 10. The van der Waals surface area contributed by atoms with Crippen LogP contribution >= 0.6 is 0 Å². The van der Waals surface area contributed by atoms with Gasteiger partial charge < -0.3 is 19.9 Å². The number of fused-ring (bicyclic) bond motifs is 1. The molecule has 0 unspecified atom stereocenters. The van der Waals surface area contributed by atoms with Crippen LogP contribution in [0.15, 0.2) is 70.6 Å². The van der Waals surface area contributed by atoms with Gasteiger partial charge in [-0.15, -0.1) is 0 Å². The number of sulfone groups is 1. The van der Waals surface area contributed by atoms with Crippen LogP contribution in [0.3, 0.4) is 0 Å². The number of piperidine rings is 1. The number of nitrogens with zero attached hydrogens (tertiary/aromatic N) is 2. The van der Waals surface area contributed by atoms with Crippen molar-refractivity contribution < 1.29 is 31.4 Å². The number of hydrogen-bond acceptors (Lipinski definition) is 9. The molecule has 1 aromatic heterocycles. The average molecular weight is 602 g/mol. The lowest BCUT2D eigenvalue weighted by atomic mass is 9.88. The van der Waals surface area contributed by atoms with E-state index in [2.05, 4.69) is 10.3 Å². The fourth-order valence-electron chi connectivity index (χ4n) is 5.66. The van der Waals surface area contributed by atoms with Crippen LogP contribution in [0.1, 0.15) is 32.1 Å². The summed E-state index contributed by atoms with van der Waals surface area (Å²) >= 11 is 0. The normalized spacial score (nSPS) is 22.2. The van der Waals surface area contributed by atoms with E-state index in [1.165, 1.54) is 16.6 Å². The fraction of sp³-hybridized carbons (Fsp3) is 0.483. The molecular formula is C29H35N3O7S2. The Kier molecular flexibility index (Phi) is 7.81. The first-order valence-corrected chi connectivity index (χ1v) is 17.0. The van der Waals surface area contributed by atoms with Gasteiger partial charge in [0.15, 0.2) is 9.84 Å². The average Bonchev–Trinajstić information content (AvgIpc) is 3.78. The molecule has 2 aromatic carbocycles. The van der Waals surface area contributed by atoms with E-state index in [0.717, 1.165) is 17.3 Å². The number of pyridine rings is 1. The molecule has 0 radical (unpaired) electrons. The predicted molar refractivity (Wildman–Crippen MR) is 153 cm³/mol. The van der Waals surface area contributed by atoms with Gasteiger partial charge in [0.2, 0.25) is 10.0 Å². The first-order valence-electron chi connectivity index (χ1n) is 14.0. The zero-order valence-electron chi connectivity index (χ0n) is 22.7. The van der Waals surface area contributed by atoms with Crippen molar-refractivity contribution in [3.8, 4) is 5.75 Å². The molecule has 1 spiro atoms. The molecular weight excluding hydrogens is 566 g/mol. The molecule has 220 valence electrons. The van der Waals surface area contributed by atoms with E-state index in [-0.39, 0.29) is 33.3 Å². The maximum Gasteiger partial charge on any atom is 0.244 e. The van der Waals surface area contributed by atoms with Crippen molar-refractivity contribution in [3.63, 3.8) is 0 Å². The number of aliphatic hydroxyl groups is 1. The first-order chi connectivity index (χ1) is 19.6. The number of para-hydroxylation sites is 1. The van der Waals surface area contributed by atoms with E-state index in [9.17, 15) is 21.9 Å². The topological polar surface area (TPSA) is 135 Å². The van der Waals surface area contributed by atoms with Gasteiger partial charge in [0.1, 0.15) is 23.4 Å². The summed E-state index contributed by atoms with van der Waals surface area (Å²) in [6.45, 7) is 1.53. The maximum atomic E-state index is 13.3. The Labute approximate surface area is 240 Å². The third-order valence-corrected chi connectivity index (χ3v) is 12.4. The lowest BCUT2D eigenvalue weighted by Gasteiger charge is -2.38. The Bertz CT molecular complexity index is 1620. The summed E-state index contributed by atoms with van der Waals surface area (Å²) in [6, 6.07) is 15.6. The van der Waals surface area contributed by atoms with Gasteiger partial charge in [-0.3, -0.25) is 4.98 Å². The molecule has 3 aromatic rings. The number of hydrogen-bond donors (Lipinski definition) is 2. The summed E-state index contributed by atoms with van der Waals surface area (Å²) in [7, 11) is -6.96. The van der Waals surface area contributed by atoms with Crippen LogP contribution in [0.4, 0.5) is 0 Å². The van der Waals surface area contributed by atoms with Gasteiger partial charge in [0, 0.05) is 37.3 Å². The number of ether oxygens (including phenoxy) is 2. The quantitative estimate of drug-likeness (QED) is 0.359. The van der Waals surface area contributed by atoms with Gasteiger partial charge in [0.05, 0.1) is 27.9 Å². The van der Waals surface area contributed by atoms with Crippen molar-refractivity contribution in [1.82, 2.24) is 14.6 Å². The molecule has 1 saturated carbocycles. The van der Waals surface area contributed by atoms with E-state index in [1.54, 1.807) is 24.3 Å². The molecule has 0 bridgehead atoms. The number of benzene rings is 2. The third kappa shape index (κ3) is 6.13. The van der Waals surface area contributed by atoms with Crippen molar-refractivity contribution in [2.45, 2.75) is 64.9 Å². The Morgan fingerprint density at radius 2 is 1.83 bits per heavy atom. The molecule has 0 amide bonds. The summed E-state index contributed by atoms with van der Waals surface area (Å²) in [5, 5.41) is 14.3. The molecule has 3 aliphatic rings. The minimum absolute atomic E-state index is 0.0229. The highest BCUT2D eigenvalue weighted by Crippen LogP contribution is 2.38. The van der Waals surface area contributed by atoms with E-state index in [1.807, 2.05) is 24.3 Å². The smallest absolute Gasteiger partial charge is 0.244 e. The lowest BCUT2D eigenvalue weighted by molar-refractivity contribution is -0.0312. The van der Waals surface area contributed by atoms with Crippen molar-refractivity contribution in [2.75, 3.05) is 32.8 Å². The van der Waals surface area contributed by atoms with Crippen LogP contribution in [-0.2, 0) is 24.6 Å². The summed E-state index contributed by atoms with van der Waals surface area (Å²) in [5.41, 5.74) is 0.368. The Morgan fingerprint density at radius 3 is 2.61 bits per heavy atom. The van der Waals surface area contributed by atoms with E-state index in [0.29, 0.717) is 57.7 Å². The zero-order chi connectivity index (χ0) is 28.7. The summed E-state index contributed by atoms with van der Waals surface area (Å²) in [4.78, 5) is 4.77. The van der Waals surface area contributed by atoms with Crippen LogP contribution in [0, 0.1) is 0 Å². The molecule has 2 N–H and O–H groups in total. The van der Waals surface area contributed by atoms with Gasteiger partial charge in [-0.25, -0.2) is 16.8 Å². The number of sulfonamides is 1. The Morgan fingerprint density at radius 1 is 1.05 bits per heavy atom. The Balaban J connectivity index is 0.970. The lowest BCUT2D eigenvalue weighted by Crippen LogP contribution is -2.47. The monoisotopic (exact) mass is 601 g/mol. The van der Waals surface area contributed by atoms with Crippen LogP contribution in [-0.4, -0.2) is 87.1 Å². The second-order valence-corrected chi connectivity index (χ2v) is 15.4. The van der Waals surface area contributed by atoms with Crippen molar-refractivity contribution in [1.29, 1.82) is 0 Å². The van der Waals surface area contributed by atoms with E-state index >= 15 is 0 Å². The van der Waals surface area contributed by atoms with Crippen LogP contribution in [0.2, 0.25) is 0 Å². The largest absolute Gasteiger partial charge is 0.491 e. The number of aromatic nitrogens is 1. The van der Waals surface area contributed by atoms with E-state index in [4.69, 9.17) is 9.47 Å². The SMILES string of the molecule is O=S(=O)(c1cccc(OC[C@@H](O)CN[C@H]2COC3(CCN(S(=O)(=O)c4cnc5ccccc5c4)CC3)C2)c1)C1CC1. The fourth-order valence-corrected chi connectivity index (χ4v) is 8.78. The minimum Gasteiger partial charge on any atom is -0.491 e. The Hall–Kier alpha value is -2.61. The highest BCUT2D eigenvalue weighted by Gasteiger charge is 2.45. The first kappa shape index (κ1) is 28.5. The number of aliphatic hydroxyl groups excluding tert-OH is 1. The molecule has 2 atom stereocenters. The summed E-state index contributed by atoms with van der Waals surface area (Å²) < 4.78 is 64.9. The van der Waals surface area contributed by atoms with E-state index < -0.39 is 26.0 Å². The highest BCUT2D eigenvalue weighted by atomic mass is 32.2. The molecule has 2 aliphatic heterocycles. The number of nitrogens with one attached hydrogen (secondary N) is 1. The van der Waals surface area contributed by atoms with Gasteiger partial charge >= 0.3 is 0 Å². The molecule has 2 saturated heterocycles. The zero-order valence-corrected chi connectivity index (χ0v) is 24.3. The van der Waals surface area contributed by atoms with Crippen LogP contribution in [0.5, 0.6) is 5.75 Å². The molecule has 3 fully saturated rings. The van der Waals surface area contributed by atoms with Gasteiger partial charge in [-0.05, 0) is 62.4 Å². The second-order valence-electron chi connectivity index (χ2n) is 11.3. The molecule has 3 heterocycles. The second kappa shape index (κ2) is 11.2. The summed E-state index contributed by atoms with van der Waals surface area (Å²) in [6.07, 6.45) is 3.95. The van der Waals surface area contributed by atoms with Gasteiger partial charge in [-0.1, -0.05) is 24.3 Å². The maximum absolute atomic E-state index is 13.3. The minimum atomic E-state index is -3.66. The van der Waals surface area contributed by atoms with Gasteiger partial charge in [0.25, 0.3) is 0 Å². The van der Waals surface area contributed by atoms with Crippen LogP contribution < -0.4 is 10.1 Å². The molecule has 1 aliphatic carbocycles. The molecule has 12 heteroatoms. The van der Waals surface area contributed by atoms with Crippen molar-refractivity contribution >= 4 is 30.8 Å². The predicted octanol–water partition coefficient (Wildman–Crippen LogP) is 2.51. The summed E-state index contributed by atoms with van der Waals surface area (Å²) in [5.74, 6) is 0.412. The molecule has 41 heavy (non-hydrogen) atoms. The van der Waals surface area contributed by atoms with Crippen LogP contribution in [0.25, 0.3) is 10.9 Å². The van der Waals surface area contributed by atoms with Crippen molar-refractivity contribution in [2.24, 2.45) is 0 Å².